The van der Waals surface area contributed by atoms with Gasteiger partial charge in [0.25, 0.3) is 5.69 Å². The molecule has 1 heterocycles. The summed E-state index contributed by atoms with van der Waals surface area (Å²) < 4.78 is 1.68. The molecule has 1 aromatic heterocycles. The van der Waals surface area contributed by atoms with Crippen molar-refractivity contribution < 1.29 is 4.92 Å². The van der Waals surface area contributed by atoms with Gasteiger partial charge in [-0.3, -0.25) is 14.8 Å². The minimum absolute atomic E-state index is 0.0565. The molecule has 2 rings (SSSR count). The molecule has 0 N–H and O–H groups in total. The van der Waals surface area contributed by atoms with Crippen molar-refractivity contribution in [1.82, 2.24) is 9.78 Å². The van der Waals surface area contributed by atoms with E-state index < -0.39 is 4.92 Å². The summed E-state index contributed by atoms with van der Waals surface area (Å²) >= 11 is 0. The van der Waals surface area contributed by atoms with Gasteiger partial charge < -0.3 is 0 Å². The third-order valence-corrected chi connectivity index (χ3v) is 3.09. The molecule has 0 unspecified atom stereocenters. The van der Waals surface area contributed by atoms with Crippen LogP contribution in [0.1, 0.15) is 31.9 Å². The van der Waals surface area contributed by atoms with E-state index in [1.807, 2.05) is 40.9 Å². The van der Waals surface area contributed by atoms with E-state index >= 15 is 0 Å². The first-order chi connectivity index (χ1) is 10.2. The fraction of sp³-hybridized carbons (Fsp3) is 0.353. The zero-order valence-corrected chi connectivity index (χ0v) is 13.5. The van der Waals surface area contributed by atoms with Crippen molar-refractivity contribution in [2.75, 3.05) is 0 Å². The predicted molar refractivity (Wildman–Crippen MR) is 86.4 cm³/mol. The van der Waals surface area contributed by atoms with Crippen LogP contribution < -0.4 is 0 Å². The van der Waals surface area contributed by atoms with E-state index in [0.29, 0.717) is 5.69 Å². The lowest BCUT2D eigenvalue weighted by atomic mass is 9.96. The molecule has 0 radical (unpaired) electrons. The second-order valence-electron chi connectivity index (χ2n) is 6.32. The van der Waals surface area contributed by atoms with Gasteiger partial charge in [-0.05, 0) is 33.3 Å². The summed E-state index contributed by atoms with van der Waals surface area (Å²) in [6.07, 6.45) is 1.84. The molecule has 5 heteroatoms. The molecule has 0 amide bonds. The van der Waals surface area contributed by atoms with Crippen molar-refractivity contribution in [3.8, 4) is 23.1 Å². The standard InChI is InChI=1S/C17H19N3O2/c1-12-6-7-14(20(21)22)10-15(12)16-13(11-19(5)18-16)8-9-17(2,3)4/h6-7,10-11H,1-5H3. The Bertz CT molecular complexity index is 786. The van der Waals surface area contributed by atoms with E-state index in [2.05, 4.69) is 16.9 Å². The molecule has 114 valence electrons. The Balaban J connectivity index is 2.60. The highest BCUT2D eigenvalue weighted by atomic mass is 16.6. The van der Waals surface area contributed by atoms with Gasteiger partial charge in [-0.1, -0.05) is 17.9 Å². The van der Waals surface area contributed by atoms with E-state index in [1.54, 1.807) is 16.8 Å². The normalized spacial score (nSPS) is 11.0. The Morgan fingerprint density at radius 2 is 2.00 bits per heavy atom. The molecule has 0 aliphatic carbocycles. The average molecular weight is 297 g/mol. The maximum absolute atomic E-state index is 11.0. The number of hydrogen-bond acceptors (Lipinski definition) is 3. The van der Waals surface area contributed by atoms with Gasteiger partial charge >= 0.3 is 0 Å². The first kappa shape index (κ1) is 15.8. The van der Waals surface area contributed by atoms with Crippen LogP contribution in [0.4, 0.5) is 5.69 Å². The van der Waals surface area contributed by atoms with Gasteiger partial charge in [0.05, 0.1) is 10.5 Å². The molecule has 22 heavy (non-hydrogen) atoms. The summed E-state index contributed by atoms with van der Waals surface area (Å²) in [5.41, 5.74) is 3.07. The van der Waals surface area contributed by atoms with Gasteiger partial charge in [-0.25, -0.2) is 0 Å². The first-order valence-corrected chi connectivity index (χ1v) is 6.99. The fourth-order valence-electron chi connectivity index (χ4n) is 2.01. The van der Waals surface area contributed by atoms with Crippen molar-refractivity contribution in [3.05, 3.63) is 45.6 Å². The summed E-state index contributed by atoms with van der Waals surface area (Å²) in [6, 6.07) is 4.80. The second kappa shape index (κ2) is 5.64. The number of rotatable bonds is 2. The van der Waals surface area contributed by atoms with Gasteiger partial charge in [0, 0.05) is 36.4 Å². The summed E-state index contributed by atoms with van der Waals surface area (Å²) in [6.45, 7) is 8.02. The van der Waals surface area contributed by atoms with Gasteiger partial charge in [0.1, 0.15) is 5.69 Å². The minimum atomic E-state index is -0.396. The molecule has 2 aromatic rings. The van der Waals surface area contributed by atoms with Crippen molar-refractivity contribution >= 4 is 5.69 Å². The molecular formula is C17H19N3O2. The van der Waals surface area contributed by atoms with Crippen molar-refractivity contribution in [2.24, 2.45) is 12.5 Å². The molecule has 0 fully saturated rings. The number of aromatic nitrogens is 2. The lowest BCUT2D eigenvalue weighted by Crippen LogP contribution is -1.99. The largest absolute Gasteiger partial charge is 0.274 e. The topological polar surface area (TPSA) is 61.0 Å². The zero-order valence-electron chi connectivity index (χ0n) is 13.5. The van der Waals surface area contributed by atoms with Gasteiger partial charge in [0.15, 0.2) is 0 Å². The smallest absolute Gasteiger partial charge is 0.270 e. The van der Waals surface area contributed by atoms with E-state index in [9.17, 15) is 10.1 Å². The molecule has 0 atom stereocenters. The molecule has 0 aliphatic heterocycles. The molecule has 1 aromatic carbocycles. The maximum atomic E-state index is 11.0. The summed E-state index contributed by atoms with van der Waals surface area (Å²) in [7, 11) is 1.82. The third kappa shape index (κ3) is 3.53. The Labute approximate surface area is 130 Å². The molecule has 0 saturated heterocycles. The predicted octanol–water partition coefficient (Wildman–Crippen LogP) is 3.70. The molecular weight excluding hydrogens is 278 g/mol. The maximum Gasteiger partial charge on any atom is 0.270 e. The summed E-state index contributed by atoms with van der Waals surface area (Å²) in [4.78, 5) is 10.6. The van der Waals surface area contributed by atoms with Crippen LogP contribution >= 0.6 is 0 Å². The molecule has 5 nitrogen and oxygen atoms in total. The Morgan fingerprint density at radius 1 is 1.32 bits per heavy atom. The van der Waals surface area contributed by atoms with Crippen LogP contribution in [0.25, 0.3) is 11.3 Å². The van der Waals surface area contributed by atoms with Crippen molar-refractivity contribution in [3.63, 3.8) is 0 Å². The number of nitrogens with zero attached hydrogens (tertiary/aromatic N) is 3. The summed E-state index contributed by atoms with van der Waals surface area (Å²) in [5.74, 6) is 6.33. The van der Waals surface area contributed by atoms with E-state index in [4.69, 9.17) is 0 Å². The number of non-ortho nitro benzene ring substituents is 1. The van der Waals surface area contributed by atoms with Crippen LogP contribution in [0.3, 0.4) is 0 Å². The summed E-state index contributed by atoms with van der Waals surface area (Å²) in [5, 5.41) is 15.4. The Morgan fingerprint density at radius 3 is 2.59 bits per heavy atom. The number of nitro benzene ring substituents is 1. The zero-order chi connectivity index (χ0) is 16.5. The van der Waals surface area contributed by atoms with Gasteiger partial charge in [-0.2, -0.15) is 5.10 Å². The first-order valence-electron chi connectivity index (χ1n) is 6.99. The van der Waals surface area contributed by atoms with E-state index in [1.165, 1.54) is 6.07 Å². The van der Waals surface area contributed by atoms with Crippen LogP contribution in [0.15, 0.2) is 24.4 Å². The second-order valence-corrected chi connectivity index (χ2v) is 6.32. The molecule has 0 aliphatic rings. The molecule has 0 spiro atoms. The highest BCUT2D eigenvalue weighted by Gasteiger charge is 2.16. The molecule has 0 bridgehead atoms. The number of aryl methyl sites for hydroxylation is 2. The van der Waals surface area contributed by atoms with Crippen LogP contribution in [-0.2, 0) is 7.05 Å². The Kier molecular flexibility index (Phi) is 4.05. The number of nitro groups is 1. The fourth-order valence-corrected chi connectivity index (χ4v) is 2.01. The average Bonchev–Trinajstić information content (AvgIpc) is 2.77. The van der Waals surface area contributed by atoms with Crippen LogP contribution in [-0.4, -0.2) is 14.7 Å². The number of benzene rings is 1. The van der Waals surface area contributed by atoms with Crippen molar-refractivity contribution in [1.29, 1.82) is 0 Å². The Hall–Kier alpha value is -2.61. The van der Waals surface area contributed by atoms with Crippen LogP contribution in [0.5, 0.6) is 0 Å². The number of hydrogen-bond donors (Lipinski definition) is 0. The van der Waals surface area contributed by atoms with Gasteiger partial charge in [-0.15, -0.1) is 0 Å². The van der Waals surface area contributed by atoms with E-state index in [-0.39, 0.29) is 11.1 Å². The SMILES string of the molecule is Cc1ccc([N+](=O)[O-])cc1-c1nn(C)cc1C#CC(C)(C)C. The van der Waals surface area contributed by atoms with Crippen LogP contribution in [0.2, 0.25) is 0 Å². The van der Waals surface area contributed by atoms with Crippen LogP contribution in [0, 0.1) is 34.3 Å². The van der Waals surface area contributed by atoms with E-state index in [0.717, 1.165) is 16.7 Å². The van der Waals surface area contributed by atoms with Gasteiger partial charge in [0.2, 0.25) is 0 Å². The highest BCUT2D eigenvalue weighted by Crippen LogP contribution is 2.29. The van der Waals surface area contributed by atoms with Crippen molar-refractivity contribution in [2.45, 2.75) is 27.7 Å². The monoisotopic (exact) mass is 297 g/mol. The third-order valence-electron chi connectivity index (χ3n) is 3.09. The quantitative estimate of drug-likeness (QED) is 0.482. The lowest BCUT2D eigenvalue weighted by Gasteiger charge is -2.07. The minimum Gasteiger partial charge on any atom is -0.274 e. The highest BCUT2D eigenvalue weighted by molar-refractivity contribution is 5.72. The molecule has 0 saturated carbocycles. The lowest BCUT2D eigenvalue weighted by molar-refractivity contribution is -0.384.